The van der Waals surface area contributed by atoms with Crippen LogP contribution in [-0.2, 0) is 0 Å². The Labute approximate surface area is 159 Å². The maximum atomic E-state index is 12.4. The Morgan fingerprint density at radius 3 is 2.72 bits per heavy atom. The number of rotatable bonds is 4. The molecular formula is C18H14Cl2N2O2S. The summed E-state index contributed by atoms with van der Waals surface area (Å²) in [4.78, 5) is 16.9. The van der Waals surface area contributed by atoms with Crippen LogP contribution in [0.25, 0.3) is 11.3 Å². The Morgan fingerprint density at radius 2 is 2.00 bits per heavy atom. The fourth-order valence-electron chi connectivity index (χ4n) is 2.31. The number of nitrogens with one attached hydrogen (secondary N) is 1. The third kappa shape index (κ3) is 3.95. The molecular weight excluding hydrogens is 379 g/mol. The Morgan fingerprint density at radius 1 is 1.20 bits per heavy atom. The second-order valence-corrected chi connectivity index (χ2v) is 7.02. The third-order valence-corrected chi connectivity index (χ3v) is 4.84. The van der Waals surface area contributed by atoms with E-state index in [2.05, 4.69) is 10.3 Å². The average molecular weight is 393 g/mol. The monoisotopic (exact) mass is 392 g/mol. The number of carbonyl (C=O) groups is 1. The van der Waals surface area contributed by atoms with Crippen molar-refractivity contribution in [1.82, 2.24) is 4.98 Å². The highest BCUT2D eigenvalue weighted by Crippen LogP contribution is 2.33. The molecule has 4 nitrogen and oxygen atoms in total. The molecule has 0 bridgehead atoms. The highest BCUT2D eigenvalue weighted by molar-refractivity contribution is 7.14. The van der Waals surface area contributed by atoms with E-state index in [0.717, 1.165) is 22.6 Å². The second-order valence-electron chi connectivity index (χ2n) is 5.32. The molecule has 0 radical (unpaired) electrons. The Bertz CT molecular complexity index is 941. The second kappa shape index (κ2) is 7.44. The molecule has 0 aliphatic rings. The first-order valence-corrected chi connectivity index (χ1v) is 8.98. The van der Waals surface area contributed by atoms with Crippen LogP contribution in [0.3, 0.4) is 0 Å². The van der Waals surface area contributed by atoms with E-state index in [4.69, 9.17) is 27.9 Å². The zero-order chi connectivity index (χ0) is 18.0. The normalized spacial score (nSPS) is 10.6. The van der Waals surface area contributed by atoms with Crippen molar-refractivity contribution in [3.8, 4) is 17.0 Å². The average Bonchev–Trinajstić information content (AvgIpc) is 3.03. The predicted molar refractivity (Wildman–Crippen MR) is 103 cm³/mol. The standard InChI is InChI=1S/C18H14Cl2N2O2S/c1-10-3-6-16(24-2)13(7-10)15-9-25-18(21-15)22-17(23)12-5-4-11(19)8-14(12)20/h3-9H,1-2H3,(H,21,22,23). The lowest BCUT2D eigenvalue weighted by atomic mass is 10.1. The zero-order valence-corrected chi connectivity index (χ0v) is 15.8. The highest BCUT2D eigenvalue weighted by Gasteiger charge is 2.15. The Kier molecular flexibility index (Phi) is 5.27. The summed E-state index contributed by atoms with van der Waals surface area (Å²) in [6.07, 6.45) is 0. The highest BCUT2D eigenvalue weighted by atomic mass is 35.5. The predicted octanol–water partition coefficient (Wildman–Crippen LogP) is 5.69. The van der Waals surface area contributed by atoms with Gasteiger partial charge in [0.05, 0.1) is 23.4 Å². The molecule has 0 unspecified atom stereocenters. The van der Waals surface area contributed by atoms with Gasteiger partial charge < -0.3 is 4.74 Å². The summed E-state index contributed by atoms with van der Waals surface area (Å²) >= 11 is 13.3. The molecule has 0 saturated heterocycles. The first-order valence-electron chi connectivity index (χ1n) is 7.35. The van der Waals surface area contributed by atoms with Crippen LogP contribution in [0.5, 0.6) is 5.75 Å². The van der Waals surface area contributed by atoms with Crippen LogP contribution < -0.4 is 10.1 Å². The molecule has 7 heteroatoms. The quantitative estimate of drug-likeness (QED) is 0.620. The molecule has 0 aliphatic heterocycles. The molecule has 1 N–H and O–H groups in total. The fourth-order valence-corrected chi connectivity index (χ4v) is 3.51. The van der Waals surface area contributed by atoms with Crippen molar-refractivity contribution in [2.75, 3.05) is 12.4 Å². The van der Waals surface area contributed by atoms with Crippen molar-refractivity contribution in [3.05, 3.63) is 63.0 Å². The maximum Gasteiger partial charge on any atom is 0.258 e. The number of methoxy groups -OCH3 is 1. The van der Waals surface area contributed by atoms with Crippen LogP contribution >= 0.6 is 34.5 Å². The lowest BCUT2D eigenvalue weighted by Gasteiger charge is -2.07. The van der Waals surface area contributed by atoms with Gasteiger partial charge in [0.1, 0.15) is 5.75 Å². The van der Waals surface area contributed by atoms with E-state index in [0.29, 0.717) is 20.7 Å². The van der Waals surface area contributed by atoms with Crippen LogP contribution in [0.15, 0.2) is 41.8 Å². The summed E-state index contributed by atoms with van der Waals surface area (Å²) < 4.78 is 5.39. The van der Waals surface area contributed by atoms with Crippen molar-refractivity contribution in [2.24, 2.45) is 0 Å². The number of hydrogen-bond donors (Lipinski definition) is 1. The van der Waals surface area contributed by atoms with Crippen LogP contribution in [0.4, 0.5) is 5.13 Å². The van der Waals surface area contributed by atoms with Gasteiger partial charge in [-0.1, -0.05) is 34.8 Å². The number of thiazole rings is 1. The molecule has 1 heterocycles. The molecule has 0 aliphatic carbocycles. The third-order valence-electron chi connectivity index (χ3n) is 3.53. The summed E-state index contributed by atoms with van der Waals surface area (Å²) in [5, 5.41) is 5.88. The van der Waals surface area contributed by atoms with Gasteiger partial charge in [0, 0.05) is 16.0 Å². The molecule has 128 valence electrons. The number of halogens is 2. The van der Waals surface area contributed by atoms with Crippen LogP contribution in [-0.4, -0.2) is 18.0 Å². The zero-order valence-electron chi connectivity index (χ0n) is 13.5. The number of hydrogen-bond acceptors (Lipinski definition) is 4. The molecule has 0 spiro atoms. The molecule has 1 amide bonds. The van der Waals surface area contributed by atoms with E-state index in [-0.39, 0.29) is 5.91 Å². The van der Waals surface area contributed by atoms with E-state index >= 15 is 0 Å². The van der Waals surface area contributed by atoms with Crippen molar-refractivity contribution in [2.45, 2.75) is 6.92 Å². The fraction of sp³-hybridized carbons (Fsp3) is 0.111. The summed E-state index contributed by atoms with van der Waals surface area (Å²) in [5.41, 5.74) is 3.06. The van der Waals surface area contributed by atoms with Gasteiger partial charge in [0.15, 0.2) is 5.13 Å². The molecule has 3 rings (SSSR count). The minimum atomic E-state index is -0.334. The van der Waals surface area contributed by atoms with Crippen molar-refractivity contribution in [1.29, 1.82) is 0 Å². The van der Waals surface area contributed by atoms with Crippen LogP contribution in [0.2, 0.25) is 10.0 Å². The number of nitrogens with zero attached hydrogens (tertiary/aromatic N) is 1. The summed E-state index contributed by atoms with van der Waals surface area (Å²) in [6, 6.07) is 10.6. The molecule has 0 saturated carbocycles. The van der Waals surface area contributed by atoms with Crippen LogP contribution in [0.1, 0.15) is 15.9 Å². The topological polar surface area (TPSA) is 51.2 Å². The van der Waals surface area contributed by atoms with E-state index in [1.165, 1.54) is 17.4 Å². The summed E-state index contributed by atoms with van der Waals surface area (Å²) in [6.45, 7) is 2.00. The van der Waals surface area contributed by atoms with Crippen molar-refractivity contribution < 1.29 is 9.53 Å². The van der Waals surface area contributed by atoms with Gasteiger partial charge >= 0.3 is 0 Å². The molecule has 2 aromatic carbocycles. The minimum Gasteiger partial charge on any atom is -0.496 e. The van der Waals surface area contributed by atoms with Gasteiger partial charge in [-0.2, -0.15) is 0 Å². The van der Waals surface area contributed by atoms with E-state index in [1.54, 1.807) is 19.2 Å². The first-order chi connectivity index (χ1) is 12.0. The smallest absolute Gasteiger partial charge is 0.258 e. The number of carbonyl (C=O) groups excluding carboxylic acids is 1. The maximum absolute atomic E-state index is 12.4. The summed E-state index contributed by atoms with van der Waals surface area (Å²) in [7, 11) is 1.62. The number of benzene rings is 2. The number of anilines is 1. The summed E-state index contributed by atoms with van der Waals surface area (Å²) in [5.74, 6) is 0.397. The number of aromatic nitrogens is 1. The molecule has 0 atom stereocenters. The van der Waals surface area contributed by atoms with Gasteiger partial charge in [0.2, 0.25) is 0 Å². The Hall–Kier alpha value is -2.08. The van der Waals surface area contributed by atoms with Gasteiger partial charge in [-0.25, -0.2) is 4.98 Å². The molecule has 0 fully saturated rings. The van der Waals surface area contributed by atoms with Gasteiger partial charge in [0.25, 0.3) is 5.91 Å². The molecule has 1 aromatic heterocycles. The number of ether oxygens (including phenoxy) is 1. The van der Waals surface area contributed by atoms with E-state index < -0.39 is 0 Å². The van der Waals surface area contributed by atoms with Crippen molar-refractivity contribution in [3.63, 3.8) is 0 Å². The lowest BCUT2D eigenvalue weighted by Crippen LogP contribution is -2.12. The lowest BCUT2D eigenvalue weighted by molar-refractivity contribution is 0.102. The number of amides is 1. The van der Waals surface area contributed by atoms with Crippen molar-refractivity contribution >= 4 is 45.6 Å². The van der Waals surface area contributed by atoms with Gasteiger partial charge in [-0.3, -0.25) is 10.1 Å². The molecule has 25 heavy (non-hydrogen) atoms. The SMILES string of the molecule is COc1ccc(C)cc1-c1csc(NC(=O)c2ccc(Cl)cc2Cl)n1. The number of aryl methyl sites for hydroxylation is 1. The minimum absolute atomic E-state index is 0.294. The van der Waals surface area contributed by atoms with E-state index in [1.807, 2.05) is 30.5 Å². The molecule has 3 aromatic rings. The van der Waals surface area contributed by atoms with Gasteiger partial charge in [-0.15, -0.1) is 11.3 Å². The van der Waals surface area contributed by atoms with Crippen LogP contribution in [0, 0.1) is 6.92 Å². The van der Waals surface area contributed by atoms with Gasteiger partial charge in [-0.05, 0) is 37.3 Å². The Balaban J connectivity index is 1.85. The largest absolute Gasteiger partial charge is 0.496 e. The first kappa shape index (κ1) is 17.7. The van der Waals surface area contributed by atoms with E-state index in [9.17, 15) is 4.79 Å².